The Morgan fingerprint density at radius 3 is 2.71 bits per heavy atom. The summed E-state index contributed by atoms with van der Waals surface area (Å²) in [5.41, 5.74) is 1.92. The first-order valence-electron chi connectivity index (χ1n) is 8.14. The SMILES string of the molecule is O=C(O)COc1ccc2cc(-c3nc(-c4ccc(Br)cc4)cs3)c(=O)oc2c1. The minimum absolute atomic E-state index is 0.317. The van der Waals surface area contributed by atoms with E-state index in [0.717, 1.165) is 15.7 Å². The normalized spacial score (nSPS) is 10.9. The molecule has 0 fully saturated rings. The van der Waals surface area contributed by atoms with Crippen molar-refractivity contribution >= 4 is 44.2 Å². The first-order chi connectivity index (χ1) is 13.5. The van der Waals surface area contributed by atoms with Crippen LogP contribution < -0.4 is 10.4 Å². The average molecular weight is 458 g/mol. The summed E-state index contributed by atoms with van der Waals surface area (Å²) in [6, 6.07) is 14.3. The molecule has 4 rings (SSSR count). The van der Waals surface area contributed by atoms with Gasteiger partial charge in [-0.15, -0.1) is 11.3 Å². The first kappa shape index (κ1) is 18.4. The second-order valence-corrected chi connectivity index (χ2v) is 7.65. The molecule has 1 N–H and O–H groups in total. The number of rotatable bonds is 5. The molecule has 0 aliphatic heterocycles. The maximum Gasteiger partial charge on any atom is 0.346 e. The Balaban J connectivity index is 1.68. The summed E-state index contributed by atoms with van der Waals surface area (Å²) in [4.78, 5) is 27.6. The molecule has 0 saturated heterocycles. The summed E-state index contributed by atoms with van der Waals surface area (Å²) in [5, 5.41) is 11.8. The molecule has 28 heavy (non-hydrogen) atoms. The fourth-order valence-electron chi connectivity index (χ4n) is 2.63. The zero-order valence-corrected chi connectivity index (χ0v) is 16.6. The van der Waals surface area contributed by atoms with Crippen LogP contribution >= 0.6 is 27.3 Å². The Morgan fingerprint density at radius 1 is 1.18 bits per heavy atom. The maximum atomic E-state index is 12.5. The lowest BCUT2D eigenvalue weighted by atomic mass is 10.1. The lowest BCUT2D eigenvalue weighted by Gasteiger charge is -2.05. The van der Waals surface area contributed by atoms with E-state index in [1.807, 2.05) is 29.6 Å². The van der Waals surface area contributed by atoms with E-state index in [9.17, 15) is 9.59 Å². The highest BCUT2D eigenvalue weighted by Crippen LogP contribution is 2.30. The van der Waals surface area contributed by atoms with Gasteiger partial charge < -0.3 is 14.3 Å². The molecule has 4 aromatic rings. The van der Waals surface area contributed by atoms with Gasteiger partial charge in [-0.3, -0.25) is 0 Å². The van der Waals surface area contributed by atoms with Gasteiger partial charge in [-0.05, 0) is 30.3 Å². The van der Waals surface area contributed by atoms with Gasteiger partial charge in [-0.25, -0.2) is 14.6 Å². The number of carboxylic acid groups (broad SMARTS) is 1. The van der Waals surface area contributed by atoms with Crippen LogP contribution in [0.15, 0.2) is 67.6 Å². The molecule has 140 valence electrons. The smallest absolute Gasteiger partial charge is 0.346 e. The summed E-state index contributed by atoms with van der Waals surface area (Å²) in [6.45, 7) is -0.466. The summed E-state index contributed by atoms with van der Waals surface area (Å²) in [6.07, 6.45) is 0. The summed E-state index contributed by atoms with van der Waals surface area (Å²) in [5.74, 6) is -0.764. The van der Waals surface area contributed by atoms with Crippen LogP contribution in [0.5, 0.6) is 5.75 Å². The molecule has 0 aliphatic carbocycles. The third kappa shape index (κ3) is 3.83. The lowest BCUT2D eigenvalue weighted by Crippen LogP contribution is -2.09. The monoisotopic (exact) mass is 457 g/mol. The Labute approximate surface area is 171 Å². The van der Waals surface area contributed by atoms with Crippen molar-refractivity contribution < 1.29 is 19.1 Å². The fourth-order valence-corrected chi connectivity index (χ4v) is 3.72. The number of carboxylic acids is 1. The number of aliphatic carboxylic acids is 1. The van der Waals surface area contributed by atoms with Gasteiger partial charge in [-0.2, -0.15) is 0 Å². The summed E-state index contributed by atoms with van der Waals surface area (Å²) < 4.78 is 11.5. The highest BCUT2D eigenvalue weighted by molar-refractivity contribution is 9.10. The number of aromatic nitrogens is 1. The second kappa shape index (κ2) is 7.57. The highest BCUT2D eigenvalue weighted by Gasteiger charge is 2.13. The molecule has 6 nitrogen and oxygen atoms in total. The number of hydrogen-bond donors (Lipinski definition) is 1. The van der Waals surface area contributed by atoms with Crippen molar-refractivity contribution in [2.24, 2.45) is 0 Å². The number of ether oxygens (including phenoxy) is 1. The molecule has 2 heterocycles. The van der Waals surface area contributed by atoms with Gasteiger partial charge in [0.25, 0.3) is 0 Å². The van der Waals surface area contributed by atoms with E-state index in [4.69, 9.17) is 14.3 Å². The molecule has 0 spiro atoms. The third-order valence-electron chi connectivity index (χ3n) is 3.94. The molecule has 2 aromatic carbocycles. The zero-order valence-electron chi connectivity index (χ0n) is 14.2. The molecule has 8 heteroatoms. The average Bonchev–Trinajstić information content (AvgIpc) is 3.16. The predicted molar refractivity (Wildman–Crippen MR) is 110 cm³/mol. The van der Waals surface area contributed by atoms with Crippen molar-refractivity contribution in [3.05, 3.63) is 68.8 Å². The third-order valence-corrected chi connectivity index (χ3v) is 5.35. The van der Waals surface area contributed by atoms with Crippen molar-refractivity contribution in [2.75, 3.05) is 6.61 Å². The van der Waals surface area contributed by atoms with Gasteiger partial charge >= 0.3 is 11.6 Å². The number of carbonyl (C=O) groups is 1. The number of fused-ring (bicyclic) bond motifs is 1. The zero-order chi connectivity index (χ0) is 19.7. The largest absolute Gasteiger partial charge is 0.482 e. The minimum Gasteiger partial charge on any atom is -0.482 e. The van der Waals surface area contributed by atoms with Crippen molar-refractivity contribution in [3.8, 4) is 27.6 Å². The second-order valence-electron chi connectivity index (χ2n) is 5.87. The van der Waals surface area contributed by atoms with E-state index in [2.05, 4.69) is 20.9 Å². The Morgan fingerprint density at radius 2 is 1.96 bits per heavy atom. The number of halogens is 1. The molecule has 0 aliphatic rings. The minimum atomic E-state index is -1.08. The van der Waals surface area contributed by atoms with E-state index in [1.165, 1.54) is 17.4 Å². The molecule has 0 unspecified atom stereocenters. The van der Waals surface area contributed by atoms with Crippen molar-refractivity contribution in [1.29, 1.82) is 0 Å². The predicted octanol–water partition coefficient (Wildman–Crippen LogP) is 4.81. The van der Waals surface area contributed by atoms with Gasteiger partial charge in [-0.1, -0.05) is 28.1 Å². The maximum absolute atomic E-state index is 12.5. The van der Waals surface area contributed by atoms with E-state index < -0.39 is 18.2 Å². The van der Waals surface area contributed by atoms with Crippen LogP contribution in [-0.4, -0.2) is 22.7 Å². The van der Waals surface area contributed by atoms with Crippen LogP contribution in [0.2, 0.25) is 0 Å². The molecule has 2 aromatic heterocycles. The first-order valence-corrected chi connectivity index (χ1v) is 9.81. The van der Waals surface area contributed by atoms with Crippen LogP contribution in [0.4, 0.5) is 0 Å². The van der Waals surface area contributed by atoms with E-state index in [0.29, 0.717) is 27.3 Å². The standard InChI is InChI=1S/C20H12BrNO5S/c21-13-4-1-11(2-5-13)16-10-28-19(22-16)15-7-12-3-6-14(26-9-18(23)24)8-17(12)27-20(15)25/h1-8,10H,9H2,(H,23,24). The van der Waals surface area contributed by atoms with Gasteiger partial charge in [0.2, 0.25) is 0 Å². The molecular weight excluding hydrogens is 446 g/mol. The van der Waals surface area contributed by atoms with Gasteiger partial charge in [0.05, 0.1) is 11.3 Å². The van der Waals surface area contributed by atoms with Gasteiger partial charge in [0.15, 0.2) is 6.61 Å². The summed E-state index contributed by atoms with van der Waals surface area (Å²) in [7, 11) is 0. The van der Waals surface area contributed by atoms with Crippen molar-refractivity contribution in [3.63, 3.8) is 0 Å². The molecule has 0 atom stereocenters. The molecule has 0 radical (unpaired) electrons. The topological polar surface area (TPSA) is 89.6 Å². The van der Waals surface area contributed by atoms with Crippen molar-refractivity contribution in [1.82, 2.24) is 4.98 Å². The van der Waals surface area contributed by atoms with E-state index >= 15 is 0 Å². The molecular formula is C20H12BrNO5S. The quantitative estimate of drug-likeness (QED) is 0.432. The molecule has 0 bridgehead atoms. The molecule has 0 saturated carbocycles. The van der Waals surface area contributed by atoms with Gasteiger partial charge in [0, 0.05) is 26.9 Å². The van der Waals surface area contributed by atoms with Crippen LogP contribution in [0.1, 0.15) is 0 Å². The Kier molecular flexibility index (Phi) is 4.97. The Hall–Kier alpha value is -2.97. The number of nitrogens with zero attached hydrogens (tertiary/aromatic N) is 1. The number of hydrogen-bond acceptors (Lipinski definition) is 6. The van der Waals surface area contributed by atoms with Crippen LogP contribution in [0, 0.1) is 0 Å². The highest BCUT2D eigenvalue weighted by atomic mass is 79.9. The number of benzene rings is 2. The fraction of sp³-hybridized carbons (Fsp3) is 0.0500. The summed E-state index contributed by atoms with van der Waals surface area (Å²) >= 11 is 4.77. The van der Waals surface area contributed by atoms with E-state index in [-0.39, 0.29) is 0 Å². The van der Waals surface area contributed by atoms with Crippen LogP contribution in [0.3, 0.4) is 0 Å². The van der Waals surface area contributed by atoms with E-state index in [1.54, 1.807) is 18.2 Å². The van der Waals surface area contributed by atoms with Crippen LogP contribution in [-0.2, 0) is 4.79 Å². The van der Waals surface area contributed by atoms with Gasteiger partial charge in [0.1, 0.15) is 16.3 Å². The van der Waals surface area contributed by atoms with Crippen LogP contribution in [0.25, 0.3) is 32.8 Å². The van der Waals surface area contributed by atoms with Crippen molar-refractivity contribution in [2.45, 2.75) is 0 Å². The number of thiazole rings is 1. The lowest BCUT2D eigenvalue weighted by molar-refractivity contribution is -0.139. The molecule has 0 amide bonds. The Bertz CT molecular complexity index is 1230.